The quantitative estimate of drug-likeness (QED) is 0.860. The normalized spacial score (nSPS) is 20.1. The fourth-order valence-corrected chi connectivity index (χ4v) is 2.22. The molecule has 7 heteroatoms. The van der Waals surface area contributed by atoms with Gasteiger partial charge in [0.25, 0.3) is 0 Å². The van der Waals surface area contributed by atoms with Gasteiger partial charge in [0.2, 0.25) is 5.13 Å². The Morgan fingerprint density at radius 2 is 2.69 bits per heavy atom. The molecule has 0 radical (unpaired) electrons. The molecule has 0 bridgehead atoms. The molecule has 88 valence electrons. The second-order valence-corrected chi connectivity index (χ2v) is 4.56. The van der Waals surface area contributed by atoms with Gasteiger partial charge in [0, 0.05) is 26.1 Å². The molecule has 1 aliphatic rings. The highest BCUT2D eigenvalue weighted by Crippen LogP contribution is 2.18. The van der Waals surface area contributed by atoms with Crippen LogP contribution in [0, 0.1) is 5.92 Å². The van der Waals surface area contributed by atoms with Gasteiger partial charge in [-0.15, -0.1) is 10.2 Å². The van der Waals surface area contributed by atoms with Crippen LogP contribution in [-0.2, 0) is 4.74 Å². The Morgan fingerprint density at radius 3 is 3.38 bits per heavy atom. The number of likely N-dealkylation sites (tertiary alicyclic amines) is 1. The summed E-state index contributed by atoms with van der Waals surface area (Å²) in [6.45, 7) is 2.24. The number of amides is 2. The molecule has 0 aliphatic carbocycles. The van der Waals surface area contributed by atoms with Gasteiger partial charge in [-0.3, -0.25) is 5.32 Å². The number of nitrogens with zero attached hydrogens (tertiary/aromatic N) is 3. The van der Waals surface area contributed by atoms with Crippen LogP contribution in [0.4, 0.5) is 9.93 Å². The minimum absolute atomic E-state index is 0.102. The first-order valence-corrected chi connectivity index (χ1v) is 5.98. The molecule has 0 spiro atoms. The number of methoxy groups -OCH3 is 1. The van der Waals surface area contributed by atoms with Gasteiger partial charge in [-0.05, 0) is 6.42 Å². The zero-order valence-electron chi connectivity index (χ0n) is 9.05. The molecule has 1 aromatic heterocycles. The van der Waals surface area contributed by atoms with Crippen LogP contribution >= 0.6 is 11.3 Å². The number of aromatic nitrogens is 2. The Morgan fingerprint density at radius 1 is 1.81 bits per heavy atom. The van der Waals surface area contributed by atoms with E-state index >= 15 is 0 Å². The van der Waals surface area contributed by atoms with Crippen molar-refractivity contribution < 1.29 is 9.53 Å². The Kier molecular flexibility index (Phi) is 3.68. The first-order valence-electron chi connectivity index (χ1n) is 5.10. The van der Waals surface area contributed by atoms with Crippen molar-refractivity contribution in [1.82, 2.24) is 15.1 Å². The molecule has 1 N–H and O–H groups in total. The first kappa shape index (κ1) is 11.3. The minimum atomic E-state index is -0.102. The van der Waals surface area contributed by atoms with Crippen molar-refractivity contribution in [3.63, 3.8) is 0 Å². The minimum Gasteiger partial charge on any atom is -0.384 e. The maximum atomic E-state index is 11.8. The lowest BCUT2D eigenvalue weighted by Crippen LogP contribution is -2.33. The molecule has 16 heavy (non-hydrogen) atoms. The standard InChI is InChI=1S/C9H14N4O2S/c1-15-5-7-2-3-13(4-7)9(14)11-8-12-10-6-16-8/h6-7H,2-5H2,1H3,(H,11,12,14). The number of anilines is 1. The monoisotopic (exact) mass is 242 g/mol. The second-order valence-electron chi connectivity index (χ2n) is 3.73. The molecule has 6 nitrogen and oxygen atoms in total. The zero-order chi connectivity index (χ0) is 11.4. The van der Waals surface area contributed by atoms with E-state index in [1.165, 1.54) is 11.3 Å². The molecular formula is C9H14N4O2S. The largest absolute Gasteiger partial charge is 0.384 e. The number of hydrogen-bond acceptors (Lipinski definition) is 5. The number of rotatable bonds is 3. The molecule has 1 aliphatic heterocycles. The maximum absolute atomic E-state index is 11.8. The fraction of sp³-hybridized carbons (Fsp3) is 0.667. The van der Waals surface area contributed by atoms with Gasteiger partial charge < -0.3 is 9.64 Å². The summed E-state index contributed by atoms with van der Waals surface area (Å²) in [5.41, 5.74) is 1.59. The predicted molar refractivity (Wildman–Crippen MR) is 60.5 cm³/mol. The van der Waals surface area contributed by atoms with Crippen LogP contribution in [0.25, 0.3) is 0 Å². The SMILES string of the molecule is COCC1CCN(C(=O)Nc2nncs2)C1. The van der Waals surface area contributed by atoms with Crippen LogP contribution in [0.1, 0.15) is 6.42 Å². The van der Waals surface area contributed by atoms with Crippen LogP contribution in [0.3, 0.4) is 0 Å². The highest BCUT2D eigenvalue weighted by molar-refractivity contribution is 7.13. The van der Waals surface area contributed by atoms with E-state index in [0.29, 0.717) is 17.7 Å². The Labute approximate surface area is 97.6 Å². The van der Waals surface area contributed by atoms with Crippen molar-refractivity contribution in [3.05, 3.63) is 5.51 Å². The highest BCUT2D eigenvalue weighted by atomic mass is 32.1. The first-order chi connectivity index (χ1) is 7.79. The molecule has 2 heterocycles. The summed E-state index contributed by atoms with van der Waals surface area (Å²) < 4.78 is 5.08. The van der Waals surface area contributed by atoms with Crippen LogP contribution in [0.2, 0.25) is 0 Å². The van der Waals surface area contributed by atoms with E-state index in [9.17, 15) is 4.79 Å². The number of hydrogen-bond donors (Lipinski definition) is 1. The van der Waals surface area contributed by atoms with Gasteiger partial charge >= 0.3 is 6.03 Å². The summed E-state index contributed by atoms with van der Waals surface area (Å²) in [7, 11) is 1.68. The Bertz CT molecular complexity index is 343. The smallest absolute Gasteiger partial charge is 0.323 e. The average Bonchev–Trinajstić information content (AvgIpc) is 2.89. The molecule has 1 atom stereocenters. The zero-order valence-corrected chi connectivity index (χ0v) is 9.87. The molecule has 0 aromatic carbocycles. The summed E-state index contributed by atoms with van der Waals surface area (Å²) in [5.74, 6) is 0.449. The Balaban J connectivity index is 1.83. The molecule has 0 saturated carbocycles. The second kappa shape index (κ2) is 5.22. The molecule has 2 amide bonds. The van der Waals surface area contributed by atoms with Crippen LogP contribution in [0.15, 0.2) is 5.51 Å². The van der Waals surface area contributed by atoms with E-state index in [-0.39, 0.29) is 6.03 Å². The van der Waals surface area contributed by atoms with Gasteiger partial charge in [0.05, 0.1) is 6.61 Å². The third-order valence-electron chi connectivity index (χ3n) is 2.55. The third-order valence-corrected chi connectivity index (χ3v) is 3.16. The van der Waals surface area contributed by atoms with Crippen LogP contribution < -0.4 is 5.32 Å². The summed E-state index contributed by atoms with van der Waals surface area (Å²) in [6.07, 6.45) is 0.997. The van der Waals surface area contributed by atoms with Crippen molar-refractivity contribution in [2.75, 3.05) is 32.1 Å². The lowest BCUT2D eigenvalue weighted by Gasteiger charge is -2.15. The molecular weight excluding hydrogens is 228 g/mol. The van der Waals surface area contributed by atoms with E-state index in [0.717, 1.165) is 19.5 Å². The number of urea groups is 1. The fourth-order valence-electron chi connectivity index (χ4n) is 1.79. The number of nitrogens with one attached hydrogen (secondary N) is 1. The maximum Gasteiger partial charge on any atom is 0.323 e. The van der Waals surface area contributed by atoms with Crippen molar-refractivity contribution in [3.8, 4) is 0 Å². The van der Waals surface area contributed by atoms with E-state index in [1.54, 1.807) is 17.5 Å². The molecule has 1 unspecified atom stereocenters. The van der Waals surface area contributed by atoms with Gasteiger partial charge in [0.15, 0.2) is 0 Å². The van der Waals surface area contributed by atoms with Gasteiger partial charge in [-0.1, -0.05) is 11.3 Å². The van der Waals surface area contributed by atoms with Crippen molar-refractivity contribution >= 4 is 22.5 Å². The predicted octanol–water partition coefficient (Wildman–Crippen LogP) is 1.04. The van der Waals surface area contributed by atoms with E-state index in [4.69, 9.17) is 4.74 Å². The molecule has 1 saturated heterocycles. The van der Waals surface area contributed by atoms with E-state index in [2.05, 4.69) is 15.5 Å². The number of carbonyl (C=O) groups is 1. The summed E-state index contributed by atoms with van der Waals surface area (Å²) in [5, 5.41) is 10.7. The van der Waals surface area contributed by atoms with Crippen LogP contribution in [0.5, 0.6) is 0 Å². The summed E-state index contributed by atoms with van der Waals surface area (Å²) in [4.78, 5) is 13.6. The molecule has 1 fully saturated rings. The van der Waals surface area contributed by atoms with Gasteiger partial charge in [-0.2, -0.15) is 0 Å². The van der Waals surface area contributed by atoms with Crippen molar-refractivity contribution in [1.29, 1.82) is 0 Å². The third kappa shape index (κ3) is 2.67. The van der Waals surface area contributed by atoms with Gasteiger partial charge in [0.1, 0.15) is 5.51 Å². The summed E-state index contributed by atoms with van der Waals surface area (Å²) >= 11 is 1.32. The molecule has 2 rings (SSSR count). The summed E-state index contributed by atoms with van der Waals surface area (Å²) in [6, 6.07) is -0.102. The van der Waals surface area contributed by atoms with Crippen molar-refractivity contribution in [2.45, 2.75) is 6.42 Å². The van der Waals surface area contributed by atoms with Crippen molar-refractivity contribution in [2.24, 2.45) is 5.92 Å². The van der Waals surface area contributed by atoms with Crippen LogP contribution in [-0.4, -0.2) is 47.9 Å². The number of carbonyl (C=O) groups excluding carboxylic acids is 1. The average molecular weight is 242 g/mol. The Hall–Kier alpha value is -1.21. The van der Waals surface area contributed by atoms with E-state index in [1.807, 2.05) is 0 Å². The lowest BCUT2D eigenvalue weighted by atomic mass is 10.1. The van der Waals surface area contributed by atoms with Gasteiger partial charge in [-0.25, -0.2) is 4.79 Å². The highest BCUT2D eigenvalue weighted by Gasteiger charge is 2.26. The number of ether oxygens (including phenoxy) is 1. The lowest BCUT2D eigenvalue weighted by molar-refractivity contribution is 0.154. The topological polar surface area (TPSA) is 67.3 Å². The molecule has 1 aromatic rings. The van der Waals surface area contributed by atoms with E-state index < -0.39 is 0 Å².